The molecule has 0 aromatic carbocycles. The monoisotopic (exact) mass is 259 g/mol. The van der Waals surface area contributed by atoms with Crippen molar-refractivity contribution in [1.82, 2.24) is 4.90 Å². The molecule has 6 heteroatoms. The van der Waals surface area contributed by atoms with Crippen molar-refractivity contribution < 1.29 is 13.2 Å². The number of sulfone groups is 1. The SMILES string of the molecule is CCS(=O)(=O)C1CN(C(=O)c2ccsc2)C1. The fraction of sp³-hybridized carbons (Fsp3) is 0.500. The molecule has 16 heavy (non-hydrogen) atoms. The number of rotatable bonds is 3. The van der Waals surface area contributed by atoms with Crippen LogP contribution in [0.15, 0.2) is 16.8 Å². The molecule has 1 aromatic rings. The summed E-state index contributed by atoms with van der Waals surface area (Å²) in [6, 6.07) is 1.76. The van der Waals surface area contributed by atoms with Gasteiger partial charge in [0, 0.05) is 24.2 Å². The van der Waals surface area contributed by atoms with Gasteiger partial charge in [-0.2, -0.15) is 11.3 Å². The fourth-order valence-electron chi connectivity index (χ4n) is 1.64. The minimum atomic E-state index is -2.99. The third kappa shape index (κ3) is 1.99. The highest BCUT2D eigenvalue weighted by molar-refractivity contribution is 7.92. The lowest BCUT2D eigenvalue weighted by molar-refractivity contribution is 0.0659. The van der Waals surface area contributed by atoms with Gasteiger partial charge in [0.25, 0.3) is 5.91 Å². The third-order valence-electron chi connectivity index (χ3n) is 2.81. The van der Waals surface area contributed by atoms with E-state index in [9.17, 15) is 13.2 Å². The van der Waals surface area contributed by atoms with Crippen molar-refractivity contribution in [3.63, 3.8) is 0 Å². The Morgan fingerprint density at radius 2 is 2.25 bits per heavy atom. The lowest BCUT2D eigenvalue weighted by Crippen LogP contribution is -2.57. The highest BCUT2D eigenvalue weighted by atomic mass is 32.2. The van der Waals surface area contributed by atoms with Gasteiger partial charge in [-0.05, 0) is 11.4 Å². The van der Waals surface area contributed by atoms with E-state index in [0.29, 0.717) is 18.7 Å². The molecule has 1 saturated heterocycles. The highest BCUT2D eigenvalue weighted by Crippen LogP contribution is 2.20. The summed E-state index contributed by atoms with van der Waals surface area (Å²) in [5.41, 5.74) is 0.650. The van der Waals surface area contributed by atoms with Crippen LogP contribution in [0.5, 0.6) is 0 Å². The standard InChI is InChI=1S/C10H13NO3S2/c1-2-16(13,14)9-5-11(6-9)10(12)8-3-4-15-7-8/h3-4,7,9H,2,5-6H2,1H3. The summed E-state index contributed by atoms with van der Waals surface area (Å²) in [5, 5.41) is 3.26. The number of carbonyl (C=O) groups excluding carboxylic acids is 1. The first kappa shape index (κ1) is 11.6. The second-order valence-electron chi connectivity index (χ2n) is 3.80. The summed E-state index contributed by atoms with van der Waals surface area (Å²) >= 11 is 1.47. The predicted molar refractivity (Wildman–Crippen MR) is 63.5 cm³/mol. The molecule has 0 aliphatic carbocycles. The first-order chi connectivity index (χ1) is 7.54. The van der Waals surface area contributed by atoms with Crippen LogP contribution in [0.2, 0.25) is 0 Å². The molecule has 1 aliphatic heterocycles. The lowest BCUT2D eigenvalue weighted by Gasteiger charge is -2.38. The van der Waals surface area contributed by atoms with E-state index in [4.69, 9.17) is 0 Å². The number of hydrogen-bond donors (Lipinski definition) is 0. The Kier molecular flexibility index (Phi) is 3.03. The summed E-state index contributed by atoms with van der Waals surface area (Å²) < 4.78 is 23.0. The molecule has 4 nitrogen and oxygen atoms in total. The maximum Gasteiger partial charge on any atom is 0.254 e. The summed E-state index contributed by atoms with van der Waals surface area (Å²) in [4.78, 5) is 13.4. The Morgan fingerprint density at radius 3 is 2.75 bits per heavy atom. The van der Waals surface area contributed by atoms with Crippen molar-refractivity contribution in [1.29, 1.82) is 0 Å². The molecule has 1 fully saturated rings. The molecule has 0 N–H and O–H groups in total. The summed E-state index contributed by atoms with van der Waals surface area (Å²) in [6.45, 7) is 2.31. The molecule has 0 unspecified atom stereocenters. The maximum absolute atomic E-state index is 11.8. The molecule has 88 valence electrons. The van der Waals surface area contributed by atoms with E-state index >= 15 is 0 Å². The Bertz CT molecular complexity index is 472. The zero-order valence-corrected chi connectivity index (χ0v) is 10.6. The molecule has 2 heterocycles. The number of amides is 1. The van der Waals surface area contributed by atoms with Crippen LogP contribution in [0, 0.1) is 0 Å². The minimum Gasteiger partial charge on any atom is -0.336 e. The number of likely N-dealkylation sites (tertiary alicyclic amines) is 1. The molecular formula is C10H13NO3S2. The molecule has 1 aliphatic rings. The molecule has 0 radical (unpaired) electrons. The predicted octanol–water partition coefficient (Wildman–Crippen LogP) is 1.01. The highest BCUT2D eigenvalue weighted by Gasteiger charge is 2.38. The Morgan fingerprint density at radius 1 is 1.56 bits per heavy atom. The van der Waals surface area contributed by atoms with Gasteiger partial charge in [0.15, 0.2) is 9.84 Å². The molecule has 1 amide bonds. The van der Waals surface area contributed by atoms with Crippen molar-refractivity contribution in [2.45, 2.75) is 12.2 Å². The van der Waals surface area contributed by atoms with Gasteiger partial charge in [-0.1, -0.05) is 6.92 Å². The quantitative estimate of drug-likeness (QED) is 0.814. The number of hydrogen-bond acceptors (Lipinski definition) is 4. The number of nitrogens with zero attached hydrogens (tertiary/aromatic N) is 1. The van der Waals surface area contributed by atoms with Gasteiger partial charge < -0.3 is 4.90 Å². The van der Waals surface area contributed by atoms with Crippen LogP contribution in [0.3, 0.4) is 0 Å². The van der Waals surface area contributed by atoms with Gasteiger partial charge in [-0.15, -0.1) is 0 Å². The van der Waals surface area contributed by atoms with Crippen LogP contribution >= 0.6 is 11.3 Å². The van der Waals surface area contributed by atoms with Gasteiger partial charge in [0.1, 0.15) is 0 Å². The van der Waals surface area contributed by atoms with Crippen LogP contribution < -0.4 is 0 Å². The average Bonchev–Trinajstić information content (AvgIpc) is 2.67. The maximum atomic E-state index is 11.8. The van der Waals surface area contributed by atoms with Crippen LogP contribution in [0.1, 0.15) is 17.3 Å². The first-order valence-corrected chi connectivity index (χ1v) is 7.73. The smallest absolute Gasteiger partial charge is 0.254 e. The second kappa shape index (κ2) is 4.18. The zero-order chi connectivity index (χ0) is 11.8. The van der Waals surface area contributed by atoms with Crippen LogP contribution in [0.25, 0.3) is 0 Å². The number of carbonyl (C=O) groups is 1. The number of thiophene rings is 1. The van der Waals surface area contributed by atoms with E-state index in [0.717, 1.165) is 0 Å². The lowest BCUT2D eigenvalue weighted by atomic mass is 10.2. The molecule has 0 atom stereocenters. The van der Waals surface area contributed by atoms with E-state index < -0.39 is 9.84 Å². The molecule has 2 rings (SSSR count). The van der Waals surface area contributed by atoms with Gasteiger partial charge in [-0.3, -0.25) is 4.79 Å². The van der Waals surface area contributed by atoms with Gasteiger partial charge in [-0.25, -0.2) is 8.42 Å². The van der Waals surface area contributed by atoms with E-state index in [2.05, 4.69) is 0 Å². The molecule has 0 saturated carbocycles. The van der Waals surface area contributed by atoms with Crippen LogP contribution in [0.4, 0.5) is 0 Å². The second-order valence-corrected chi connectivity index (χ2v) is 7.15. The summed E-state index contributed by atoms with van der Waals surface area (Å²) in [7, 11) is -2.99. The topological polar surface area (TPSA) is 54.5 Å². The first-order valence-electron chi connectivity index (χ1n) is 5.07. The van der Waals surface area contributed by atoms with Crippen molar-refractivity contribution >= 4 is 27.1 Å². The van der Waals surface area contributed by atoms with Crippen molar-refractivity contribution in [3.05, 3.63) is 22.4 Å². The van der Waals surface area contributed by atoms with Crippen molar-refractivity contribution in [3.8, 4) is 0 Å². The minimum absolute atomic E-state index is 0.0659. The van der Waals surface area contributed by atoms with Crippen molar-refractivity contribution in [2.75, 3.05) is 18.8 Å². The normalized spacial score (nSPS) is 17.2. The van der Waals surface area contributed by atoms with Crippen molar-refractivity contribution in [2.24, 2.45) is 0 Å². The van der Waals surface area contributed by atoms with Gasteiger partial charge >= 0.3 is 0 Å². The Labute approximate surface area is 98.8 Å². The van der Waals surface area contributed by atoms with Crippen LogP contribution in [-0.2, 0) is 9.84 Å². The molecule has 1 aromatic heterocycles. The van der Waals surface area contributed by atoms with Gasteiger partial charge in [0.2, 0.25) is 0 Å². The third-order valence-corrected chi connectivity index (χ3v) is 5.62. The van der Waals surface area contributed by atoms with E-state index in [-0.39, 0.29) is 16.9 Å². The van der Waals surface area contributed by atoms with Crippen LogP contribution in [-0.4, -0.2) is 43.3 Å². The zero-order valence-electron chi connectivity index (χ0n) is 8.92. The fourth-order valence-corrected chi connectivity index (χ4v) is 3.55. The van der Waals surface area contributed by atoms with E-state index in [1.54, 1.807) is 23.3 Å². The largest absolute Gasteiger partial charge is 0.336 e. The van der Waals surface area contributed by atoms with E-state index in [1.807, 2.05) is 5.38 Å². The molecule has 0 spiro atoms. The average molecular weight is 259 g/mol. The summed E-state index contributed by atoms with van der Waals surface area (Å²) in [5.74, 6) is 0.0850. The van der Waals surface area contributed by atoms with Gasteiger partial charge in [0.05, 0.1) is 10.8 Å². The molecule has 0 bridgehead atoms. The summed E-state index contributed by atoms with van der Waals surface area (Å²) in [6.07, 6.45) is 0. The Hall–Kier alpha value is -0.880. The van der Waals surface area contributed by atoms with E-state index in [1.165, 1.54) is 11.3 Å². The molecular weight excluding hydrogens is 246 g/mol. The Balaban J connectivity index is 1.97.